The summed E-state index contributed by atoms with van der Waals surface area (Å²) < 4.78 is 0. The molecule has 0 unspecified atom stereocenters. The standard InChI is InChI=1S/C13H23.Y/c1-11-7-9-13(10-8-11)12-5-3-2-4-6-12;/h11-13H,1-10H2;/q-1;+3. The van der Waals surface area contributed by atoms with Gasteiger partial charge in [0.1, 0.15) is 0 Å². The van der Waals surface area contributed by atoms with Crippen molar-refractivity contribution in [1.82, 2.24) is 0 Å². The van der Waals surface area contributed by atoms with Crippen LogP contribution in [0.15, 0.2) is 0 Å². The third kappa shape index (κ3) is 3.60. The third-order valence-corrected chi connectivity index (χ3v) is 4.21. The minimum atomic E-state index is 0. The molecule has 14 heavy (non-hydrogen) atoms. The first kappa shape index (κ1) is 13.2. The van der Waals surface area contributed by atoms with Gasteiger partial charge in [0, 0.05) is 0 Å². The number of hydrogen-bond acceptors (Lipinski definition) is 0. The predicted octanol–water partition coefficient (Wildman–Crippen LogP) is 4.20. The van der Waals surface area contributed by atoms with Crippen LogP contribution in [0.3, 0.4) is 0 Å². The van der Waals surface area contributed by atoms with E-state index >= 15 is 0 Å². The van der Waals surface area contributed by atoms with Crippen LogP contribution in [0.25, 0.3) is 0 Å². The van der Waals surface area contributed by atoms with Crippen molar-refractivity contribution in [1.29, 1.82) is 0 Å². The van der Waals surface area contributed by atoms with E-state index < -0.39 is 0 Å². The largest absolute Gasteiger partial charge is 3.00 e. The van der Waals surface area contributed by atoms with Gasteiger partial charge in [0.2, 0.25) is 0 Å². The molecule has 2 aliphatic rings. The number of hydrogen-bond donors (Lipinski definition) is 0. The summed E-state index contributed by atoms with van der Waals surface area (Å²) in [6.45, 7) is 4.18. The Morgan fingerprint density at radius 1 is 0.643 bits per heavy atom. The third-order valence-electron chi connectivity index (χ3n) is 4.21. The minimum Gasteiger partial charge on any atom is -0.340 e. The Morgan fingerprint density at radius 3 is 1.71 bits per heavy atom. The Labute approximate surface area is 114 Å². The van der Waals surface area contributed by atoms with Gasteiger partial charge in [-0.05, 0) is 11.8 Å². The molecule has 76 valence electrons. The quantitative estimate of drug-likeness (QED) is 0.625. The molecular weight excluding hydrogens is 245 g/mol. The van der Waals surface area contributed by atoms with Gasteiger partial charge < -0.3 is 6.92 Å². The Kier molecular flexibility index (Phi) is 6.24. The van der Waals surface area contributed by atoms with Gasteiger partial charge in [-0.1, -0.05) is 57.8 Å². The van der Waals surface area contributed by atoms with E-state index in [0.29, 0.717) is 0 Å². The maximum atomic E-state index is 4.18. The Morgan fingerprint density at radius 2 is 1.14 bits per heavy atom. The van der Waals surface area contributed by atoms with E-state index in [9.17, 15) is 0 Å². The van der Waals surface area contributed by atoms with Crippen LogP contribution in [0, 0.1) is 24.7 Å². The van der Waals surface area contributed by atoms with Crippen molar-refractivity contribution in [3.8, 4) is 0 Å². The van der Waals surface area contributed by atoms with E-state index in [1.807, 2.05) is 0 Å². The van der Waals surface area contributed by atoms with Crippen LogP contribution in [0.5, 0.6) is 0 Å². The van der Waals surface area contributed by atoms with Crippen molar-refractivity contribution in [3.63, 3.8) is 0 Å². The van der Waals surface area contributed by atoms with Crippen molar-refractivity contribution >= 4 is 0 Å². The summed E-state index contributed by atoms with van der Waals surface area (Å²) >= 11 is 0. The van der Waals surface area contributed by atoms with Crippen LogP contribution >= 0.6 is 0 Å². The molecule has 0 saturated heterocycles. The summed E-state index contributed by atoms with van der Waals surface area (Å²) in [4.78, 5) is 0. The SMILES string of the molecule is [CH2-]C1CCC(C2CCCCC2)CC1.[Y+3]. The molecule has 0 spiro atoms. The van der Waals surface area contributed by atoms with Gasteiger partial charge >= 0.3 is 32.7 Å². The molecule has 0 amide bonds. The van der Waals surface area contributed by atoms with Crippen LogP contribution in [-0.4, -0.2) is 0 Å². The Bertz CT molecular complexity index is 141. The van der Waals surface area contributed by atoms with E-state index in [4.69, 9.17) is 0 Å². The van der Waals surface area contributed by atoms with E-state index in [0.717, 1.165) is 17.8 Å². The second-order valence-corrected chi connectivity index (χ2v) is 5.18. The normalized spacial score (nSPS) is 34.9. The average Bonchev–Trinajstić information content (AvgIpc) is 2.20. The maximum Gasteiger partial charge on any atom is 3.00 e. The summed E-state index contributed by atoms with van der Waals surface area (Å²) in [5, 5.41) is 0. The number of rotatable bonds is 1. The van der Waals surface area contributed by atoms with Crippen molar-refractivity contribution in [2.24, 2.45) is 17.8 Å². The fourth-order valence-corrected chi connectivity index (χ4v) is 3.27. The van der Waals surface area contributed by atoms with Crippen molar-refractivity contribution in [2.75, 3.05) is 0 Å². The van der Waals surface area contributed by atoms with Crippen molar-refractivity contribution < 1.29 is 32.7 Å². The van der Waals surface area contributed by atoms with Crippen LogP contribution in [0.1, 0.15) is 57.8 Å². The van der Waals surface area contributed by atoms with Crippen molar-refractivity contribution in [3.05, 3.63) is 6.92 Å². The van der Waals surface area contributed by atoms with Gasteiger partial charge in [0.15, 0.2) is 0 Å². The molecule has 0 aromatic rings. The van der Waals surface area contributed by atoms with E-state index in [1.165, 1.54) is 57.8 Å². The van der Waals surface area contributed by atoms with Crippen LogP contribution in [-0.2, 0) is 32.7 Å². The van der Waals surface area contributed by atoms with Crippen molar-refractivity contribution in [2.45, 2.75) is 57.8 Å². The van der Waals surface area contributed by atoms with Gasteiger partial charge in [-0.3, -0.25) is 0 Å². The zero-order valence-corrected chi connectivity index (χ0v) is 12.2. The first-order valence-electron chi connectivity index (χ1n) is 6.19. The molecule has 0 aliphatic heterocycles. The second-order valence-electron chi connectivity index (χ2n) is 5.18. The molecule has 2 saturated carbocycles. The van der Waals surface area contributed by atoms with Crippen LogP contribution in [0.2, 0.25) is 0 Å². The van der Waals surface area contributed by atoms with Gasteiger partial charge in [-0.25, -0.2) is 0 Å². The Balaban J connectivity index is 0.000000980. The molecule has 2 rings (SSSR count). The Hall–Kier alpha value is 1.10. The molecule has 0 atom stereocenters. The molecule has 0 heterocycles. The first-order valence-corrected chi connectivity index (χ1v) is 6.19. The first-order chi connectivity index (χ1) is 6.36. The monoisotopic (exact) mass is 268 g/mol. The van der Waals surface area contributed by atoms with Gasteiger partial charge in [-0.15, -0.1) is 0 Å². The summed E-state index contributed by atoms with van der Waals surface area (Å²) in [6, 6.07) is 0. The zero-order chi connectivity index (χ0) is 9.10. The molecule has 0 nitrogen and oxygen atoms in total. The molecule has 0 N–H and O–H groups in total. The van der Waals surface area contributed by atoms with Crippen LogP contribution in [0.4, 0.5) is 0 Å². The van der Waals surface area contributed by atoms with Gasteiger partial charge in [0.05, 0.1) is 0 Å². The summed E-state index contributed by atoms with van der Waals surface area (Å²) in [5.74, 6) is 2.96. The topological polar surface area (TPSA) is 0 Å². The molecule has 2 fully saturated rings. The molecule has 1 heteroatoms. The maximum absolute atomic E-state index is 4.18. The van der Waals surface area contributed by atoms with Gasteiger partial charge in [0.25, 0.3) is 0 Å². The van der Waals surface area contributed by atoms with E-state index in [2.05, 4.69) is 6.92 Å². The second kappa shape index (κ2) is 6.64. The molecule has 0 bridgehead atoms. The molecule has 0 radical (unpaired) electrons. The minimum absolute atomic E-state index is 0. The van der Waals surface area contributed by atoms with Gasteiger partial charge in [-0.2, -0.15) is 5.92 Å². The smallest absolute Gasteiger partial charge is 0.340 e. The fraction of sp³-hybridized carbons (Fsp3) is 0.923. The molecule has 0 aromatic carbocycles. The predicted molar refractivity (Wildman–Crippen MR) is 57.4 cm³/mol. The van der Waals surface area contributed by atoms with E-state index in [-0.39, 0.29) is 32.7 Å². The van der Waals surface area contributed by atoms with E-state index in [1.54, 1.807) is 0 Å². The summed E-state index contributed by atoms with van der Waals surface area (Å²) in [7, 11) is 0. The average molecular weight is 268 g/mol. The van der Waals surface area contributed by atoms with Crippen LogP contribution < -0.4 is 0 Å². The molecule has 0 aromatic heterocycles. The molecule has 2 aliphatic carbocycles. The fourth-order valence-electron chi connectivity index (χ4n) is 3.27. The summed E-state index contributed by atoms with van der Waals surface area (Å²) in [5.41, 5.74) is 0. The summed E-state index contributed by atoms with van der Waals surface area (Å²) in [6.07, 6.45) is 13.4. The zero-order valence-electron chi connectivity index (χ0n) is 9.38. The molecular formula is C13H23Y+2.